The van der Waals surface area contributed by atoms with Gasteiger partial charge in [0.15, 0.2) is 5.43 Å². The van der Waals surface area contributed by atoms with E-state index in [9.17, 15) is 4.79 Å². The molecule has 0 aliphatic heterocycles. The lowest BCUT2D eigenvalue weighted by atomic mass is 10.3. The third-order valence-electron chi connectivity index (χ3n) is 1.06. The maximum absolute atomic E-state index is 10.2. The molecular formula is C6H8O. The summed E-state index contributed by atoms with van der Waals surface area (Å²) in [6.45, 7) is 2.08. The summed E-state index contributed by atoms with van der Waals surface area (Å²) >= 11 is 0. The Morgan fingerprint density at radius 3 is 2.43 bits per heavy atom. The number of rotatable bonds is 2. The molecule has 0 N–H and O–H groups in total. The second-order valence-corrected chi connectivity index (χ2v) is 1.78. The summed E-state index contributed by atoms with van der Waals surface area (Å²) in [7, 11) is 0. The molecule has 0 bridgehead atoms. The maximum Gasteiger partial charge on any atom is 0.182 e. The summed E-state index contributed by atoms with van der Waals surface area (Å²) < 4.78 is 0. The van der Waals surface area contributed by atoms with E-state index in [0.717, 1.165) is 18.4 Å². The summed E-state index contributed by atoms with van der Waals surface area (Å²) in [5, 5.41) is 0. The summed E-state index contributed by atoms with van der Waals surface area (Å²) in [5.41, 5.74) is 1.30. The molecule has 0 unspecified atom stereocenters. The van der Waals surface area contributed by atoms with Crippen LogP contribution in [0.5, 0.6) is 0 Å². The molecule has 7 heavy (non-hydrogen) atoms. The lowest BCUT2D eigenvalue weighted by molar-refractivity contribution is 0.938. The van der Waals surface area contributed by atoms with Crippen molar-refractivity contribution in [2.24, 2.45) is 0 Å². The minimum absolute atomic E-state index is 0.266. The van der Waals surface area contributed by atoms with Crippen LogP contribution in [0.3, 0.4) is 0 Å². The summed E-state index contributed by atoms with van der Waals surface area (Å²) in [6.07, 6.45) is 2.08. The Bertz CT molecular complexity index is 158. The van der Waals surface area contributed by atoms with Crippen LogP contribution in [-0.2, 0) is 6.42 Å². The standard InChI is InChI=1S/C6H8O/c1-2-3-5-4-6(5)7/h4H,2-3H2,1H3. The van der Waals surface area contributed by atoms with Crippen LogP contribution >= 0.6 is 0 Å². The van der Waals surface area contributed by atoms with Gasteiger partial charge in [0.2, 0.25) is 0 Å². The summed E-state index contributed by atoms with van der Waals surface area (Å²) in [5.74, 6) is 0. The predicted molar refractivity (Wildman–Crippen MR) is 29.1 cm³/mol. The van der Waals surface area contributed by atoms with Crippen molar-refractivity contribution in [2.45, 2.75) is 19.8 Å². The average molecular weight is 96.1 g/mol. The maximum atomic E-state index is 10.2. The van der Waals surface area contributed by atoms with Crippen molar-refractivity contribution in [3.8, 4) is 0 Å². The van der Waals surface area contributed by atoms with Gasteiger partial charge in [-0.2, -0.15) is 0 Å². The minimum atomic E-state index is 0.266. The van der Waals surface area contributed by atoms with Gasteiger partial charge in [-0.15, -0.1) is 0 Å². The van der Waals surface area contributed by atoms with Crippen LogP contribution in [0.15, 0.2) is 10.9 Å². The molecule has 1 rings (SSSR count). The quantitative estimate of drug-likeness (QED) is 0.534. The van der Waals surface area contributed by atoms with Crippen molar-refractivity contribution >= 4 is 0 Å². The van der Waals surface area contributed by atoms with Crippen molar-refractivity contribution in [3.63, 3.8) is 0 Å². The fourth-order valence-corrected chi connectivity index (χ4v) is 0.587. The monoisotopic (exact) mass is 96.1 g/mol. The lowest BCUT2D eigenvalue weighted by Gasteiger charge is -1.75. The van der Waals surface area contributed by atoms with Crippen LogP contribution in [0, 0.1) is 0 Å². The Hall–Kier alpha value is -0.590. The van der Waals surface area contributed by atoms with E-state index in [4.69, 9.17) is 0 Å². The highest BCUT2D eigenvalue weighted by atomic mass is 16.1. The van der Waals surface area contributed by atoms with Gasteiger partial charge in [0.25, 0.3) is 0 Å². The van der Waals surface area contributed by atoms with Crippen molar-refractivity contribution in [1.82, 2.24) is 0 Å². The zero-order valence-corrected chi connectivity index (χ0v) is 4.40. The molecule has 1 aromatic carbocycles. The Kier molecular flexibility index (Phi) is 0.970. The first-order chi connectivity index (χ1) is 3.34. The van der Waals surface area contributed by atoms with Gasteiger partial charge in [0.1, 0.15) is 0 Å². The Morgan fingerprint density at radius 1 is 1.71 bits per heavy atom. The molecule has 1 heteroatoms. The van der Waals surface area contributed by atoms with E-state index >= 15 is 0 Å². The molecule has 0 aliphatic rings. The van der Waals surface area contributed by atoms with Gasteiger partial charge < -0.3 is 0 Å². The molecular weight excluding hydrogens is 88.1 g/mol. The molecule has 0 amide bonds. The first-order valence-electron chi connectivity index (χ1n) is 2.59. The van der Waals surface area contributed by atoms with Crippen molar-refractivity contribution in [2.75, 3.05) is 0 Å². The van der Waals surface area contributed by atoms with Gasteiger partial charge in [-0.25, -0.2) is 0 Å². The smallest absolute Gasteiger partial charge is 0.182 e. The van der Waals surface area contributed by atoms with Gasteiger partial charge in [-0.05, 0) is 12.5 Å². The second kappa shape index (κ2) is 1.49. The SMILES string of the molecule is CCCc1cc1=O. The molecule has 0 saturated heterocycles. The number of aryl methyl sites for hydroxylation is 1. The highest BCUT2D eigenvalue weighted by Crippen LogP contribution is 1.97. The molecule has 0 atom stereocenters. The molecule has 0 heterocycles. The third kappa shape index (κ3) is 0.889. The second-order valence-electron chi connectivity index (χ2n) is 1.78. The van der Waals surface area contributed by atoms with Crippen LogP contribution in [0.2, 0.25) is 0 Å². The van der Waals surface area contributed by atoms with E-state index in [1.807, 2.05) is 0 Å². The molecule has 0 spiro atoms. The predicted octanol–water partition coefficient (Wildman–Crippen LogP) is 0.875. The molecule has 0 radical (unpaired) electrons. The summed E-state index contributed by atoms with van der Waals surface area (Å²) in [6, 6.07) is 1.70. The fourth-order valence-electron chi connectivity index (χ4n) is 0.587. The Balaban J connectivity index is 2.36. The molecule has 1 aromatic rings. The van der Waals surface area contributed by atoms with E-state index < -0.39 is 0 Å². The Labute approximate surface area is 42.7 Å². The van der Waals surface area contributed by atoms with E-state index in [1.165, 1.54) is 0 Å². The topological polar surface area (TPSA) is 17.1 Å². The highest BCUT2D eigenvalue weighted by Gasteiger charge is 2.03. The van der Waals surface area contributed by atoms with Crippen LogP contribution < -0.4 is 5.43 Å². The van der Waals surface area contributed by atoms with Crippen LogP contribution in [0.1, 0.15) is 18.9 Å². The minimum Gasteiger partial charge on any atom is -0.290 e. The van der Waals surface area contributed by atoms with Gasteiger partial charge >= 0.3 is 0 Å². The zero-order chi connectivity index (χ0) is 5.28. The van der Waals surface area contributed by atoms with Crippen LogP contribution in [-0.4, -0.2) is 0 Å². The zero-order valence-electron chi connectivity index (χ0n) is 4.40. The molecule has 1 nitrogen and oxygen atoms in total. The van der Waals surface area contributed by atoms with Crippen LogP contribution in [0.25, 0.3) is 0 Å². The molecule has 0 aliphatic carbocycles. The van der Waals surface area contributed by atoms with E-state index in [-0.39, 0.29) is 5.43 Å². The average Bonchev–Trinajstić information content (AvgIpc) is 2.22. The number of hydrogen-bond donors (Lipinski definition) is 0. The molecule has 38 valence electrons. The highest BCUT2D eigenvalue weighted by molar-refractivity contribution is 5.22. The molecule has 0 saturated carbocycles. The number of hydrogen-bond acceptors (Lipinski definition) is 1. The third-order valence-corrected chi connectivity index (χ3v) is 1.06. The van der Waals surface area contributed by atoms with Gasteiger partial charge in [-0.3, -0.25) is 4.79 Å². The first kappa shape index (κ1) is 4.57. The van der Waals surface area contributed by atoms with Gasteiger partial charge in [0.05, 0.1) is 0 Å². The largest absolute Gasteiger partial charge is 0.290 e. The normalized spacial score (nSPS) is 10.4. The van der Waals surface area contributed by atoms with E-state index in [0.29, 0.717) is 0 Å². The van der Waals surface area contributed by atoms with Gasteiger partial charge in [0, 0.05) is 5.56 Å². The van der Waals surface area contributed by atoms with Crippen LogP contribution in [0.4, 0.5) is 0 Å². The van der Waals surface area contributed by atoms with Crippen molar-refractivity contribution in [3.05, 3.63) is 21.9 Å². The van der Waals surface area contributed by atoms with Crippen molar-refractivity contribution < 1.29 is 0 Å². The fraction of sp³-hybridized carbons (Fsp3) is 0.500. The first-order valence-corrected chi connectivity index (χ1v) is 2.59. The van der Waals surface area contributed by atoms with E-state index in [2.05, 4.69) is 6.92 Å². The Morgan fingerprint density at radius 2 is 2.29 bits per heavy atom. The van der Waals surface area contributed by atoms with Crippen molar-refractivity contribution in [1.29, 1.82) is 0 Å². The molecule has 0 fully saturated rings. The lowest BCUT2D eigenvalue weighted by Crippen LogP contribution is -1.79. The van der Waals surface area contributed by atoms with Gasteiger partial charge in [-0.1, -0.05) is 13.3 Å². The molecule has 0 aromatic heterocycles. The summed E-state index contributed by atoms with van der Waals surface area (Å²) in [4.78, 5) is 10.2. The van der Waals surface area contributed by atoms with E-state index in [1.54, 1.807) is 6.07 Å².